The Labute approximate surface area is 202 Å². The lowest BCUT2D eigenvalue weighted by atomic mass is 10.0. The van der Waals surface area contributed by atoms with Crippen molar-refractivity contribution in [3.8, 4) is 0 Å². The predicted molar refractivity (Wildman–Crippen MR) is 134 cm³/mol. The van der Waals surface area contributed by atoms with Crippen molar-refractivity contribution in [2.75, 3.05) is 36.4 Å². The number of anilines is 2. The molecule has 6 nitrogen and oxygen atoms in total. The van der Waals surface area contributed by atoms with Gasteiger partial charge in [-0.3, -0.25) is 9.79 Å². The van der Waals surface area contributed by atoms with E-state index in [1.54, 1.807) is 6.07 Å². The smallest absolute Gasteiger partial charge is 0.249 e. The maximum atomic E-state index is 13.1. The number of rotatable bonds is 4. The zero-order valence-electron chi connectivity index (χ0n) is 17.9. The van der Waals surface area contributed by atoms with Crippen molar-refractivity contribution in [1.29, 1.82) is 0 Å². The van der Waals surface area contributed by atoms with E-state index in [-0.39, 0.29) is 5.91 Å². The first-order valence-electron chi connectivity index (χ1n) is 10.9. The first-order chi connectivity index (χ1) is 16.1. The lowest BCUT2D eigenvalue weighted by Crippen LogP contribution is -2.43. The summed E-state index contributed by atoms with van der Waals surface area (Å²) in [6.45, 7) is 3.73. The molecule has 0 aliphatic carbocycles. The number of amides is 1. The Kier molecular flexibility index (Phi) is 6.31. The van der Waals surface area contributed by atoms with E-state index < -0.39 is 6.04 Å². The van der Waals surface area contributed by atoms with Crippen molar-refractivity contribution in [2.24, 2.45) is 4.99 Å². The number of benzodiazepines with no additional fused rings is 1. The van der Waals surface area contributed by atoms with Crippen molar-refractivity contribution >= 4 is 46.3 Å². The number of halogens is 2. The van der Waals surface area contributed by atoms with E-state index in [2.05, 4.69) is 15.5 Å². The molecule has 1 atom stereocenters. The molecule has 3 heterocycles. The van der Waals surface area contributed by atoms with Crippen LogP contribution in [0.2, 0.25) is 10.0 Å². The molecular weight excluding hydrogens is 457 g/mol. The molecule has 1 unspecified atom stereocenters. The van der Waals surface area contributed by atoms with E-state index in [0.717, 1.165) is 48.7 Å². The second-order valence-corrected chi connectivity index (χ2v) is 8.95. The van der Waals surface area contributed by atoms with E-state index in [1.165, 1.54) is 0 Å². The van der Waals surface area contributed by atoms with Crippen molar-refractivity contribution in [1.82, 2.24) is 10.3 Å². The second-order valence-electron chi connectivity index (χ2n) is 8.11. The molecule has 1 saturated heterocycles. The van der Waals surface area contributed by atoms with E-state index in [4.69, 9.17) is 33.2 Å². The van der Waals surface area contributed by atoms with Gasteiger partial charge in [0.15, 0.2) is 0 Å². The summed E-state index contributed by atoms with van der Waals surface area (Å²) in [4.78, 5) is 25.0. The lowest BCUT2D eigenvalue weighted by Gasteiger charge is -2.28. The molecule has 1 fully saturated rings. The summed E-state index contributed by atoms with van der Waals surface area (Å²) in [6.07, 6.45) is 2.21. The summed E-state index contributed by atoms with van der Waals surface area (Å²) in [5, 5.41) is 7.56. The van der Waals surface area contributed by atoms with Crippen LogP contribution in [0.15, 0.2) is 65.8 Å². The summed E-state index contributed by atoms with van der Waals surface area (Å²) < 4.78 is 0. The minimum Gasteiger partial charge on any atom is -0.354 e. The third-order valence-electron chi connectivity index (χ3n) is 5.92. The van der Waals surface area contributed by atoms with Gasteiger partial charge in [-0.1, -0.05) is 41.4 Å². The van der Waals surface area contributed by atoms with Gasteiger partial charge in [-0.05, 0) is 42.0 Å². The summed E-state index contributed by atoms with van der Waals surface area (Å²) in [5.41, 5.74) is 3.84. The average molecular weight is 480 g/mol. The molecule has 2 aromatic carbocycles. The fraction of sp³-hybridized carbons (Fsp3) is 0.240. The Morgan fingerprint density at radius 1 is 1.03 bits per heavy atom. The summed E-state index contributed by atoms with van der Waals surface area (Å²) in [7, 11) is 0. The minimum absolute atomic E-state index is 0.182. The first-order valence-corrected chi connectivity index (χ1v) is 11.7. The number of pyridine rings is 1. The zero-order valence-corrected chi connectivity index (χ0v) is 19.4. The van der Waals surface area contributed by atoms with E-state index >= 15 is 0 Å². The fourth-order valence-electron chi connectivity index (χ4n) is 4.17. The highest BCUT2D eigenvalue weighted by atomic mass is 35.5. The third-order valence-corrected chi connectivity index (χ3v) is 6.52. The predicted octanol–water partition coefficient (Wildman–Crippen LogP) is 4.20. The normalized spacial score (nSPS) is 18.2. The molecule has 33 heavy (non-hydrogen) atoms. The average Bonchev–Trinajstić information content (AvgIpc) is 2.97. The largest absolute Gasteiger partial charge is 0.354 e. The van der Waals surface area contributed by atoms with Crippen molar-refractivity contribution in [3.63, 3.8) is 0 Å². The molecule has 2 aliphatic heterocycles. The van der Waals surface area contributed by atoms with Gasteiger partial charge in [0.05, 0.1) is 11.4 Å². The molecule has 2 N–H and O–H groups in total. The molecular formula is C25H23Cl2N5O. The quantitative estimate of drug-likeness (QED) is 0.588. The molecule has 1 aromatic heterocycles. The van der Waals surface area contributed by atoms with Crippen molar-refractivity contribution in [3.05, 3.63) is 87.5 Å². The molecule has 5 rings (SSSR count). The fourth-order valence-corrected chi connectivity index (χ4v) is 4.55. The second kappa shape index (κ2) is 9.51. The number of aromatic nitrogens is 1. The number of piperazine rings is 1. The number of nitrogens with zero attached hydrogens (tertiary/aromatic N) is 3. The van der Waals surface area contributed by atoms with Crippen LogP contribution in [-0.2, 0) is 11.2 Å². The van der Waals surface area contributed by atoms with Gasteiger partial charge in [0.2, 0.25) is 5.91 Å². The summed E-state index contributed by atoms with van der Waals surface area (Å²) in [6, 6.07) is 16.3. The number of fused-ring (bicyclic) bond motifs is 1. The van der Waals surface area contributed by atoms with Crippen LogP contribution in [0.4, 0.5) is 11.5 Å². The van der Waals surface area contributed by atoms with Crippen molar-refractivity contribution in [2.45, 2.75) is 12.5 Å². The van der Waals surface area contributed by atoms with Gasteiger partial charge >= 0.3 is 0 Å². The molecule has 8 heteroatoms. The van der Waals surface area contributed by atoms with Crippen LogP contribution in [0.3, 0.4) is 0 Å². The molecule has 2 aliphatic rings. The molecule has 0 bridgehead atoms. The Hall–Kier alpha value is -2.93. The summed E-state index contributed by atoms with van der Waals surface area (Å²) in [5.74, 6) is 0.751. The number of hydrogen-bond donors (Lipinski definition) is 2. The number of carbonyl (C=O) groups is 1. The molecule has 0 spiro atoms. The number of carbonyl (C=O) groups excluding carboxylic acids is 1. The maximum Gasteiger partial charge on any atom is 0.249 e. The van der Waals surface area contributed by atoms with Crippen LogP contribution < -0.4 is 15.5 Å². The highest BCUT2D eigenvalue weighted by molar-refractivity contribution is 6.32. The number of hydrogen-bond acceptors (Lipinski definition) is 5. The van der Waals surface area contributed by atoms with Crippen LogP contribution in [0.1, 0.15) is 16.7 Å². The Bertz CT molecular complexity index is 1210. The van der Waals surface area contributed by atoms with Gasteiger partial charge in [-0.2, -0.15) is 0 Å². The van der Waals surface area contributed by atoms with Crippen molar-refractivity contribution < 1.29 is 4.79 Å². The molecule has 0 radical (unpaired) electrons. The molecule has 168 valence electrons. The van der Waals surface area contributed by atoms with Crippen LogP contribution >= 0.6 is 23.2 Å². The maximum absolute atomic E-state index is 13.1. The highest BCUT2D eigenvalue weighted by Crippen LogP contribution is 2.29. The number of aliphatic imine (C=N–C) groups is 1. The lowest BCUT2D eigenvalue weighted by molar-refractivity contribution is -0.117. The summed E-state index contributed by atoms with van der Waals surface area (Å²) >= 11 is 12.7. The van der Waals surface area contributed by atoms with Gasteiger partial charge < -0.3 is 15.5 Å². The Morgan fingerprint density at radius 3 is 2.61 bits per heavy atom. The van der Waals surface area contributed by atoms with Gasteiger partial charge in [0, 0.05) is 60.0 Å². The zero-order chi connectivity index (χ0) is 22.8. The monoisotopic (exact) mass is 479 g/mol. The van der Waals surface area contributed by atoms with E-state index in [1.807, 2.05) is 54.7 Å². The Balaban J connectivity index is 1.54. The Morgan fingerprint density at radius 2 is 1.85 bits per heavy atom. The van der Waals surface area contributed by atoms with E-state index in [0.29, 0.717) is 27.9 Å². The van der Waals surface area contributed by atoms with Gasteiger partial charge in [0.1, 0.15) is 11.9 Å². The van der Waals surface area contributed by atoms with Crippen LogP contribution in [-0.4, -0.2) is 48.8 Å². The minimum atomic E-state index is -0.640. The third kappa shape index (κ3) is 4.74. The van der Waals surface area contributed by atoms with E-state index in [9.17, 15) is 4.79 Å². The number of benzene rings is 2. The standard InChI is InChI=1S/C25H23Cl2N5O/c26-18-6-7-21-19(14-18)24(17-5-8-23(29-15-17)32-11-9-28-10-12-32)30-22(25(33)31-21)13-16-3-1-2-4-20(16)27/h1-8,14-15,22,28H,9-13H2,(H,31,33). The van der Waals surface area contributed by atoms with Gasteiger partial charge in [0.25, 0.3) is 0 Å². The van der Waals surface area contributed by atoms with Crippen LogP contribution in [0.25, 0.3) is 0 Å². The SMILES string of the molecule is O=C1Nc2ccc(Cl)cc2C(c2ccc(N3CCNCC3)nc2)=NC1Cc1ccccc1Cl. The van der Waals surface area contributed by atoms with Crippen LogP contribution in [0, 0.1) is 0 Å². The number of nitrogens with one attached hydrogen (secondary N) is 2. The molecule has 0 saturated carbocycles. The first kappa shape index (κ1) is 21.9. The van der Waals surface area contributed by atoms with Gasteiger partial charge in [-0.25, -0.2) is 4.98 Å². The molecule has 3 aromatic rings. The van der Waals surface area contributed by atoms with Crippen LogP contribution in [0.5, 0.6) is 0 Å². The molecule has 1 amide bonds. The topological polar surface area (TPSA) is 69.6 Å². The van der Waals surface area contributed by atoms with Gasteiger partial charge in [-0.15, -0.1) is 0 Å². The highest BCUT2D eigenvalue weighted by Gasteiger charge is 2.27.